The summed E-state index contributed by atoms with van der Waals surface area (Å²) < 4.78 is 12.7. The van der Waals surface area contributed by atoms with E-state index in [1.54, 1.807) is 6.07 Å². The van der Waals surface area contributed by atoms with E-state index in [9.17, 15) is 9.18 Å². The van der Waals surface area contributed by atoms with Gasteiger partial charge in [0.05, 0.1) is 0 Å². The molecule has 6 heteroatoms. The van der Waals surface area contributed by atoms with Crippen molar-refractivity contribution in [1.29, 1.82) is 0 Å². The highest BCUT2D eigenvalue weighted by molar-refractivity contribution is 6.31. The van der Waals surface area contributed by atoms with E-state index in [0.717, 1.165) is 5.56 Å². The lowest BCUT2D eigenvalue weighted by Gasteiger charge is -2.06. The molecule has 1 aromatic carbocycles. The minimum atomic E-state index is -1.05. The van der Waals surface area contributed by atoms with Gasteiger partial charge in [-0.05, 0) is 17.7 Å². The molecule has 3 N–H and O–H groups in total. The van der Waals surface area contributed by atoms with Gasteiger partial charge in [-0.2, -0.15) is 0 Å². The first kappa shape index (κ1) is 12.7. The van der Waals surface area contributed by atoms with Crippen LogP contribution in [-0.2, 0) is 6.54 Å². The van der Waals surface area contributed by atoms with Gasteiger partial charge in [0.25, 0.3) is 0 Å². The van der Waals surface area contributed by atoms with Crippen molar-refractivity contribution in [1.82, 2.24) is 10.6 Å². The summed E-state index contributed by atoms with van der Waals surface area (Å²) in [6.45, 7) is 1.27. The number of benzene rings is 1. The van der Waals surface area contributed by atoms with Crippen LogP contribution in [0.1, 0.15) is 5.56 Å². The summed E-state index contributed by atoms with van der Waals surface area (Å²) in [5.41, 5.74) is 0.776. The van der Waals surface area contributed by atoms with Crippen molar-refractivity contribution in [3.63, 3.8) is 0 Å². The molecule has 1 rings (SSSR count). The third kappa shape index (κ3) is 4.46. The standard InChI is InChI=1S/C10H12ClFN2O2/c11-9-5-8(12)2-1-7(9)6-13-3-4-14-10(15)16/h1-2,5,13-14H,3-4,6H2,(H,15,16). The molecule has 0 spiro atoms. The van der Waals surface area contributed by atoms with Crippen molar-refractivity contribution in [2.75, 3.05) is 13.1 Å². The molecule has 0 aliphatic rings. The second-order valence-electron chi connectivity index (χ2n) is 3.14. The lowest BCUT2D eigenvalue weighted by molar-refractivity contribution is 0.194. The fourth-order valence-corrected chi connectivity index (χ4v) is 1.38. The predicted octanol–water partition coefficient (Wildman–Crippen LogP) is 1.84. The van der Waals surface area contributed by atoms with E-state index in [0.29, 0.717) is 24.7 Å². The summed E-state index contributed by atoms with van der Waals surface area (Å²) in [5.74, 6) is -0.374. The Labute approximate surface area is 97.4 Å². The Morgan fingerprint density at radius 3 is 2.81 bits per heavy atom. The molecule has 0 unspecified atom stereocenters. The monoisotopic (exact) mass is 246 g/mol. The van der Waals surface area contributed by atoms with Gasteiger partial charge in [0.2, 0.25) is 0 Å². The van der Waals surface area contributed by atoms with Crippen LogP contribution < -0.4 is 10.6 Å². The van der Waals surface area contributed by atoms with Gasteiger partial charge in [-0.3, -0.25) is 0 Å². The minimum absolute atomic E-state index is 0.314. The molecule has 0 fully saturated rings. The third-order valence-electron chi connectivity index (χ3n) is 1.91. The molecule has 0 aliphatic carbocycles. The maximum absolute atomic E-state index is 12.7. The molecule has 16 heavy (non-hydrogen) atoms. The topological polar surface area (TPSA) is 61.4 Å². The van der Waals surface area contributed by atoms with Crippen molar-refractivity contribution in [2.24, 2.45) is 0 Å². The Bertz CT molecular complexity index is 374. The van der Waals surface area contributed by atoms with Crippen LogP contribution in [0.15, 0.2) is 18.2 Å². The summed E-state index contributed by atoms with van der Waals surface area (Å²) in [6, 6.07) is 4.17. The molecule has 0 atom stereocenters. The minimum Gasteiger partial charge on any atom is -0.465 e. The summed E-state index contributed by atoms with van der Waals surface area (Å²) in [7, 11) is 0. The summed E-state index contributed by atoms with van der Waals surface area (Å²) >= 11 is 5.80. The largest absolute Gasteiger partial charge is 0.465 e. The number of rotatable bonds is 5. The zero-order valence-electron chi connectivity index (χ0n) is 8.46. The molecule has 0 saturated heterocycles. The molecule has 1 aromatic rings. The number of amides is 1. The van der Waals surface area contributed by atoms with Gasteiger partial charge >= 0.3 is 6.09 Å². The maximum atomic E-state index is 12.7. The number of hydrogen-bond acceptors (Lipinski definition) is 2. The Morgan fingerprint density at radius 1 is 1.44 bits per heavy atom. The molecule has 0 saturated carbocycles. The molecular weight excluding hydrogens is 235 g/mol. The van der Waals surface area contributed by atoms with Crippen molar-refractivity contribution in [3.05, 3.63) is 34.6 Å². The van der Waals surface area contributed by atoms with E-state index >= 15 is 0 Å². The average Bonchev–Trinajstić information content (AvgIpc) is 2.20. The van der Waals surface area contributed by atoms with E-state index in [1.165, 1.54) is 12.1 Å². The van der Waals surface area contributed by atoms with Gasteiger partial charge in [0.1, 0.15) is 5.82 Å². The second kappa shape index (κ2) is 6.30. The van der Waals surface area contributed by atoms with E-state index < -0.39 is 6.09 Å². The number of halogens is 2. The molecule has 0 aromatic heterocycles. The predicted molar refractivity (Wildman–Crippen MR) is 59.1 cm³/mol. The van der Waals surface area contributed by atoms with Gasteiger partial charge in [0, 0.05) is 24.7 Å². The Balaban J connectivity index is 2.29. The first-order valence-electron chi connectivity index (χ1n) is 4.71. The Hall–Kier alpha value is -1.33. The fraction of sp³-hybridized carbons (Fsp3) is 0.300. The summed E-state index contributed by atoms with van der Waals surface area (Å²) in [5, 5.41) is 13.9. The number of carbonyl (C=O) groups is 1. The van der Waals surface area contributed by atoms with Crippen molar-refractivity contribution < 1.29 is 14.3 Å². The van der Waals surface area contributed by atoms with Crippen molar-refractivity contribution in [3.8, 4) is 0 Å². The Morgan fingerprint density at radius 2 is 2.19 bits per heavy atom. The van der Waals surface area contributed by atoms with Crippen molar-refractivity contribution >= 4 is 17.7 Å². The zero-order valence-corrected chi connectivity index (χ0v) is 9.22. The highest BCUT2D eigenvalue weighted by Crippen LogP contribution is 2.16. The summed E-state index contributed by atoms with van der Waals surface area (Å²) in [6.07, 6.45) is -1.05. The molecule has 0 aliphatic heterocycles. The maximum Gasteiger partial charge on any atom is 0.404 e. The van der Waals surface area contributed by atoms with Crippen LogP contribution in [0.5, 0.6) is 0 Å². The average molecular weight is 247 g/mol. The molecule has 0 heterocycles. The second-order valence-corrected chi connectivity index (χ2v) is 3.55. The first-order valence-corrected chi connectivity index (χ1v) is 5.09. The van der Waals surface area contributed by atoms with Crippen LogP contribution in [0, 0.1) is 5.82 Å². The van der Waals surface area contributed by atoms with Gasteiger partial charge in [-0.1, -0.05) is 17.7 Å². The third-order valence-corrected chi connectivity index (χ3v) is 2.26. The van der Waals surface area contributed by atoms with Crippen LogP contribution in [0.2, 0.25) is 5.02 Å². The van der Waals surface area contributed by atoms with Crippen LogP contribution in [0.4, 0.5) is 9.18 Å². The highest BCUT2D eigenvalue weighted by atomic mass is 35.5. The van der Waals surface area contributed by atoms with Crippen LogP contribution in [0.3, 0.4) is 0 Å². The highest BCUT2D eigenvalue weighted by Gasteiger charge is 2.01. The quantitative estimate of drug-likeness (QED) is 0.695. The lowest BCUT2D eigenvalue weighted by atomic mass is 10.2. The zero-order chi connectivity index (χ0) is 12.0. The SMILES string of the molecule is O=C(O)NCCNCc1ccc(F)cc1Cl. The van der Waals surface area contributed by atoms with E-state index in [1.807, 2.05) is 0 Å². The van der Waals surface area contributed by atoms with Crippen LogP contribution in [0.25, 0.3) is 0 Å². The number of nitrogens with one attached hydrogen (secondary N) is 2. The first-order chi connectivity index (χ1) is 7.59. The van der Waals surface area contributed by atoms with Gasteiger partial charge in [-0.15, -0.1) is 0 Å². The van der Waals surface area contributed by atoms with Gasteiger partial charge in [-0.25, -0.2) is 9.18 Å². The van der Waals surface area contributed by atoms with E-state index in [4.69, 9.17) is 16.7 Å². The Kier molecular flexibility index (Phi) is 5.01. The normalized spacial score (nSPS) is 10.1. The lowest BCUT2D eigenvalue weighted by Crippen LogP contribution is -2.30. The molecule has 0 bridgehead atoms. The molecule has 4 nitrogen and oxygen atoms in total. The van der Waals surface area contributed by atoms with E-state index in [2.05, 4.69) is 10.6 Å². The summed E-state index contributed by atoms with van der Waals surface area (Å²) in [4.78, 5) is 10.1. The fourth-order valence-electron chi connectivity index (χ4n) is 1.15. The van der Waals surface area contributed by atoms with Crippen LogP contribution in [-0.4, -0.2) is 24.3 Å². The van der Waals surface area contributed by atoms with Gasteiger partial charge < -0.3 is 15.7 Å². The van der Waals surface area contributed by atoms with Crippen molar-refractivity contribution in [2.45, 2.75) is 6.54 Å². The number of hydrogen-bond donors (Lipinski definition) is 3. The molecule has 1 amide bonds. The van der Waals surface area contributed by atoms with Gasteiger partial charge in [0.15, 0.2) is 0 Å². The van der Waals surface area contributed by atoms with Crippen LogP contribution >= 0.6 is 11.6 Å². The number of carboxylic acid groups (broad SMARTS) is 1. The van der Waals surface area contributed by atoms with E-state index in [-0.39, 0.29) is 5.82 Å². The molecule has 0 radical (unpaired) electrons. The molecule has 88 valence electrons. The molecular formula is C10H12ClFN2O2. The smallest absolute Gasteiger partial charge is 0.404 e.